The van der Waals surface area contributed by atoms with E-state index >= 15 is 0 Å². The molecule has 146 valence electrons. The number of anilines is 1. The Labute approximate surface area is 166 Å². The topological polar surface area (TPSA) is 45.7 Å². The third kappa shape index (κ3) is 4.87. The van der Waals surface area contributed by atoms with Gasteiger partial charge in [-0.1, -0.05) is 44.2 Å². The van der Waals surface area contributed by atoms with Gasteiger partial charge < -0.3 is 4.74 Å². The van der Waals surface area contributed by atoms with Gasteiger partial charge in [0, 0.05) is 31.2 Å². The highest BCUT2D eigenvalue weighted by atomic mass is 32.1. The lowest BCUT2D eigenvalue weighted by Gasteiger charge is -2.35. The van der Waals surface area contributed by atoms with E-state index in [0.29, 0.717) is 5.13 Å². The minimum absolute atomic E-state index is 0.00205. The van der Waals surface area contributed by atoms with Crippen molar-refractivity contribution < 1.29 is 9.53 Å². The van der Waals surface area contributed by atoms with Crippen LogP contribution in [0.1, 0.15) is 40.2 Å². The van der Waals surface area contributed by atoms with E-state index in [-0.39, 0.29) is 17.6 Å². The molecule has 0 unspecified atom stereocenters. The summed E-state index contributed by atoms with van der Waals surface area (Å²) in [5.74, 6) is 0. The lowest BCUT2D eigenvalue weighted by Crippen LogP contribution is -2.50. The fourth-order valence-electron chi connectivity index (χ4n) is 3.62. The van der Waals surface area contributed by atoms with E-state index in [9.17, 15) is 4.79 Å². The number of benzene rings is 1. The molecular weight excluding hydrogens is 358 g/mol. The molecule has 6 heteroatoms. The molecule has 1 aliphatic rings. The lowest BCUT2D eigenvalue weighted by atomic mass is 9.87. The van der Waals surface area contributed by atoms with E-state index in [4.69, 9.17) is 4.74 Å². The summed E-state index contributed by atoms with van der Waals surface area (Å²) < 4.78 is 5.72. The maximum absolute atomic E-state index is 13.0. The molecule has 0 N–H and O–H groups in total. The Morgan fingerprint density at radius 2 is 2.04 bits per heavy atom. The van der Waals surface area contributed by atoms with Crippen molar-refractivity contribution in [1.82, 2.24) is 9.88 Å². The predicted octanol–water partition coefficient (Wildman–Crippen LogP) is 4.80. The van der Waals surface area contributed by atoms with Gasteiger partial charge in [-0.25, -0.2) is 14.7 Å². The number of rotatable bonds is 4. The minimum Gasteiger partial charge on any atom is -0.443 e. The second kappa shape index (κ2) is 7.60. The quantitative estimate of drug-likeness (QED) is 0.756. The summed E-state index contributed by atoms with van der Waals surface area (Å²) >= 11 is 1.47. The zero-order chi connectivity index (χ0) is 19.7. The highest BCUT2D eigenvalue weighted by molar-refractivity contribution is 7.13. The maximum atomic E-state index is 13.0. The molecule has 2 heterocycles. The van der Waals surface area contributed by atoms with E-state index < -0.39 is 5.60 Å². The zero-order valence-electron chi connectivity index (χ0n) is 16.8. The molecule has 0 aliphatic carbocycles. The first-order chi connectivity index (χ1) is 12.7. The van der Waals surface area contributed by atoms with Crippen LogP contribution in [0.2, 0.25) is 0 Å². The molecule has 27 heavy (non-hydrogen) atoms. The van der Waals surface area contributed by atoms with Crippen LogP contribution in [-0.4, -0.2) is 40.7 Å². The molecule has 1 aromatic carbocycles. The Bertz CT molecular complexity index is 753. The molecule has 2 aromatic rings. The van der Waals surface area contributed by atoms with Crippen molar-refractivity contribution in [3.05, 3.63) is 47.5 Å². The third-order valence-corrected chi connectivity index (χ3v) is 5.51. The van der Waals surface area contributed by atoms with Crippen LogP contribution in [0.15, 0.2) is 41.9 Å². The number of amides is 1. The number of likely N-dealkylation sites (tertiary alicyclic amines) is 1. The normalized spacial score (nSPS) is 19.8. The van der Waals surface area contributed by atoms with Crippen molar-refractivity contribution in [3.8, 4) is 0 Å². The van der Waals surface area contributed by atoms with Crippen LogP contribution in [-0.2, 0) is 11.3 Å². The summed E-state index contributed by atoms with van der Waals surface area (Å²) in [6, 6.07) is 10.5. The van der Waals surface area contributed by atoms with E-state index in [1.54, 1.807) is 11.1 Å². The van der Waals surface area contributed by atoms with Gasteiger partial charge in [-0.3, -0.25) is 4.90 Å². The van der Waals surface area contributed by atoms with Crippen molar-refractivity contribution >= 4 is 22.6 Å². The van der Waals surface area contributed by atoms with Crippen LogP contribution in [0.25, 0.3) is 0 Å². The minimum atomic E-state index is -0.543. The van der Waals surface area contributed by atoms with E-state index in [0.717, 1.165) is 19.6 Å². The second-order valence-electron chi connectivity index (χ2n) is 8.82. The molecule has 5 nitrogen and oxygen atoms in total. The first kappa shape index (κ1) is 19.8. The van der Waals surface area contributed by atoms with Gasteiger partial charge in [0.1, 0.15) is 5.60 Å². The highest BCUT2D eigenvalue weighted by Crippen LogP contribution is 2.38. The Kier molecular flexibility index (Phi) is 5.58. The van der Waals surface area contributed by atoms with Gasteiger partial charge in [-0.2, -0.15) is 0 Å². The first-order valence-electron chi connectivity index (χ1n) is 9.34. The second-order valence-corrected chi connectivity index (χ2v) is 9.70. The lowest BCUT2D eigenvalue weighted by molar-refractivity contribution is 0.0549. The summed E-state index contributed by atoms with van der Waals surface area (Å²) in [6.45, 7) is 12.7. The summed E-state index contributed by atoms with van der Waals surface area (Å²) in [6.07, 6.45) is 1.42. The van der Waals surface area contributed by atoms with Gasteiger partial charge in [-0.15, -0.1) is 11.3 Å². The number of ether oxygens (including phenoxy) is 1. The average Bonchev–Trinajstić information content (AvgIpc) is 3.16. The number of thiazole rings is 1. The average molecular weight is 388 g/mol. The van der Waals surface area contributed by atoms with E-state index in [1.807, 2.05) is 32.2 Å². The third-order valence-electron chi connectivity index (χ3n) is 4.74. The van der Waals surface area contributed by atoms with Crippen molar-refractivity contribution in [2.45, 2.75) is 52.8 Å². The molecule has 0 spiro atoms. The summed E-state index contributed by atoms with van der Waals surface area (Å²) in [5, 5.41) is 2.60. The number of nitrogens with zero attached hydrogens (tertiary/aromatic N) is 3. The summed E-state index contributed by atoms with van der Waals surface area (Å²) in [7, 11) is 0. The van der Waals surface area contributed by atoms with Crippen LogP contribution in [0.3, 0.4) is 0 Å². The fraction of sp³-hybridized carbons (Fsp3) is 0.524. The van der Waals surface area contributed by atoms with Gasteiger partial charge in [0.05, 0.1) is 6.04 Å². The first-order valence-corrected chi connectivity index (χ1v) is 10.2. The van der Waals surface area contributed by atoms with Crippen molar-refractivity contribution in [2.75, 3.05) is 18.0 Å². The number of hydrogen-bond acceptors (Lipinski definition) is 5. The van der Waals surface area contributed by atoms with Gasteiger partial charge in [0.25, 0.3) is 0 Å². The van der Waals surface area contributed by atoms with E-state index in [2.05, 4.69) is 48.0 Å². The van der Waals surface area contributed by atoms with Crippen LogP contribution >= 0.6 is 11.3 Å². The van der Waals surface area contributed by atoms with Crippen molar-refractivity contribution in [1.29, 1.82) is 0 Å². The van der Waals surface area contributed by atoms with Crippen LogP contribution in [0.4, 0.5) is 9.93 Å². The zero-order valence-corrected chi connectivity index (χ0v) is 17.6. The molecule has 0 radical (unpaired) electrons. The smallest absolute Gasteiger partial charge is 0.416 e. The Morgan fingerprint density at radius 1 is 1.33 bits per heavy atom. The van der Waals surface area contributed by atoms with Gasteiger partial charge in [-0.05, 0) is 31.7 Å². The van der Waals surface area contributed by atoms with Crippen molar-refractivity contribution in [3.63, 3.8) is 0 Å². The molecule has 1 saturated heterocycles. The van der Waals surface area contributed by atoms with Gasteiger partial charge >= 0.3 is 6.09 Å². The SMILES string of the molecule is CC(C)(C)OC(=O)N(c1nccs1)[C@@H]1CN(Cc2ccccc2)CC1(C)C. The maximum Gasteiger partial charge on any atom is 0.416 e. The molecule has 3 rings (SSSR count). The molecular formula is C21H29N3O2S. The van der Waals surface area contributed by atoms with Crippen LogP contribution < -0.4 is 4.90 Å². The molecule has 1 aromatic heterocycles. The largest absolute Gasteiger partial charge is 0.443 e. The fourth-order valence-corrected chi connectivity index (χ4v) is 4.30. The molecule has 1 aliphatic heterocycles. The number of carbonyl (C=O) groups excluding carboxylic acids is 1. The van der Waals surface area contributed by atoms with E-state index in [1.165, 1.54) is 16.9 Å². The summed E-state index contributed by atoms with van der Waals surface area (Å²) in [4.78, 5) is 21.6. The number of carbonyl (C=O) groups is 1. The molecule has 0 bridgehead atoms. The molecule has 1 amide bonds. The van der Waals surface area contributed by atoms with Gasteiger partial charge in [0.2, 0.25) is 0 Å². The number of aromatic nitrogens is 1. The summed E-state index contributed by atoms with van der Waals surface area (Å²) in [5.41, 5.74) is 0.670. The Balaban J connectivity index is 1.84. The highest BCUT2D eigenvalue weighted by Gasteiger charge is 2.46. The van der Waals surface area contributed by atoms with Crippen molar-refractivity contribution in [2.24, 2.45) is 5.41 Å². The predicted molar refractivity (Wildman–Crippen MR) is 110 cm³/mol. The standard InChI is InChI=1S/C21H29N3O2S/c1-20(2,3)26-19(25)24(18-22-11-12-27-18)17-14-23(15-21(17,4)5)13-16-9-7-6-8-10-16/h6-12,17H,13-15H2,1-5H3/t17-/m1/s1. The molecule has 0 saturated carbocycles. The molecule has 1 atom stereocenters. The molecule has 1 fully saturated rings. The monoisotopic (exact) mass is 387 g/mol. The van der Waals surface area contributed by atoms with Crippen LogP contribution in [0.5, 0.6) is 0 Å². The number of hydrogen-bond donors (Lipinski definition) is 0. The Hall–Kier alpha value is -1.92. The Morgan fingerprint density at radius 3 is 2.63 bits per heavy atom. The van der Waals surface area contributed by atoms with Gasteiger partial charge in [0.15, 0.2) is 5.13 Å². The van der Waals surface area contributed by atoms with Crippen LogP contribution in [0, 0.1) is 5.41 Å².